The number of nitrogens with one attached hydrogen (secondary N) is 1. The molecule has 0 spiro atoms. The van der Waals surface area contributed by atoms with E-state index in [1.807, 2.05) is 6.92 Å². The van der Waals surface area contributed by atoms with Gasteiger partial charge in [-0.2, -0.15) is 0 Å². The van der Waals surface area contributed by atoms with Crippen LogP contribution in [0.25, 0.3) is 0 Å². The van der Waals surface area contributed by atoms with Crippen molar-refractivity contribution in [3.8, 4) is 0 Å². The highest BCUT2D eigenvalue weighted by Gasteiger charge is 2.07. The van der Waals surface area contributed by atoms with Crippen LogP contribution in [-0.4, -0.2) is 30.8 Å². The molecule has 1 unspecified atom stereocenters. The van der Waals surface area contributed by atoms with Crippen molar-refractivity contribution in [2.45, 2.75) is 13.0 Å². The lowest BCUT2D eigenvalue weighted by Gasteiger charge is -2.13. The number of nitrogen functional groups attached to an aromatic ring is 1. The number of ether oxygens (including phenoxy) is 1. The van der Waals surface area contributed by atoms with Crippen LogP contribution in [0.15, 0.2) is 18.2 Å². The number of hydrogen-bond donors (Lipinski definition) is 3. The van der Waals surface area contributed by atoms with Crippen molar-refractivity contribution < 1.29 is 14.6 Å². The molecule has 1 rings (SSSR count). The lowest BCUT2D eigenvalue weighted by Crippen LogP contribution is -2.18. The fourth-order valence-electron chi connectivity index (χ4n) is 1.18. The van der Waals surface area contributed by atoms with Crippen LogP contribution in [0, 0.1) is 0 Å². The summed E-state index contributed by atoms with van der Waals surface area (Å²) in [5, 5.41) is 11.9. The van der Waals surface area contributed by atoms with Gasteiger partial charge in [0, 0.05) is 13.7 Å². The van der Waals surface area contributed by atoms with Crippen LogP contribution in [0.4, 0.5) is 11.4 Å². The standard InChI is InChI=1S/C11H16N2O3/c1-7(16-2)6-13-10-5-8(11(14)15)3-4-9(10)12/h3-5,7,13H,6,12H2,1-2H3,(H,14,15). The Bertz CT molecular complexity index is 379. The van der Waals surface area contributed by atoms with Crippen LogP contribution in [0.5, 0.6) is 0 Å². The first-order valence-corrected chi connectivity index (χ1v) is 4.94. The van der Waals surface area contributed by atoms with Gasteiger partial charge in [-0.05, 0) is 25.1 Å². The van der Waals surface area contributed by atoms with Gasteiger partial charge in [0.05, 0.1) is 23.0 Å². The molecule has 0 amide bonds. The summed E-state index contributed by atoms with van der Waals surface area (Å²) in [6, 6.07) is 4.56. The number of anilines is 2. The second-order valence-electron chi connectivity index (χ2n) is 3.53. The largest absolute Gasteiger partial charge is 0.478 e. The topological polar surface area (TPSA) is 84.6 Å². The molecule has 0 saturated carbocycles. The molecule has 0 aliphatic rings. The maximum atomic E-state index is 10.8. The molecule has 0 fully saturated rings. The summed E-state index contributed by atoms with van der Waals surface area (Å²) in [5.41, 5.74) is 7.07. The Morgan fingerprint density at radius 3 is 2.88 bits per heavy atom. The molecule has 0 aliphatic heterocycles. The van der Waals surface area contributed by atoms with E-state index < -0.39 is 5.97 Å². The number of carboxylic acid groups (broad SMARTS) is 1. The number of rotatable bonds is 5. The molecule has 4 N–H and O–H groups in total. The lowest BCUT2D eigenvalue weighted by molar-refractivity contribution is 0.0697. The lowest BCUT2D eigenvalue weighted by atomic mass is 10.1. The van der Waals surface area contributed by atoms with Gasteiger partial charge in [0.15, 0.2) is 0 Å². The van der Waals surface area contributed by atoms with Gasteiger partial charge in [-0.3, -0.25) is 0 Å². The summed E-state index contributed by atoms with van der Waals surface area (Å²) < 4.78 is 5.07. The summed E-state index contributed by atoms with van der Waals surface area (Å²) in [4.78, 5) is 10.8. The highest BCUT2D eigenvalue weighted by atomic mass is 16.5. The third-order valence-electron chi connectivity index (χ3n) is 2.28. The molecule has 5 nitrogen and oxygen atoms in total. The number of aromatic carboxylic acids is 1. The van der Waals surface area contributed by atoms with E-state index in [0.29, 0.717) is 17.9 Å². The van der Waals surface area contributed by atoms with Crippen molar-refractivity contribution in [2.75, 3.05) is 24.7 Å². The van der Waals surface area contributed by atoms with Crippen molar-refractivity contribution in [2.24, 2.45) is 0 Å². The molecule has 16 heavy (non-hydrogen) atoms. The van der Waals surface area contributed by atoms with E-state index in [2.05, 4.69) is 5.32 Å². The van der Waals surface area contributed by atoms with Crippen molar-refractivity contribution in [1.29, 1.82) is 0 Å². The number of nitrogens with two attached hydrogens (primary N) is 1. The Hall–Kier alpha value is -1.75. The molecular formula is C11H16N2O3. The zero-order valence-corrected chi connectivity index (χ0v) is 9.36. The molecule has 0 radical (unpaired) electrons. The summed E-state index contributed by atoms with van der Waals surface area (Å²) in [6.45, 7) is 2.48. The monoisotopic (exact) mass is 224 g/mol. The molecule has 0 saturated heterocycles. The second kappa shape index (κ2) is 5.37. The van der Waals surface area contributed by atoms with E-state index in [9.17, 15) is 4.79 Å². The SMILES string of the molecule is COC(C)CNc1cc(C(=O)O)ccc1N. The maximum absolute atomic E-state index is 10.8. The van der Waals surface area contributed by atoms with Crippen LogP contribution >= 0.6 is 0 Å². The third-order valence-corrected chi connectivity index (χ3v) is 2.28. The number of hydrogen-bond acceptors (Lipinski definition) is 4. The normalized spacial score (nSPS) is 12.1. The van der Waals surface area contributed by atoms with Gasteiger partial charge in [0.25, 0.3) is 0 Å². The van der Waals surface area contributed by atoms with Gasteiger partial charge >= 0.3 is 5.97 Å². The number of methoxy groups -OCH3 is 1. The van der Waals surface area contributed by atoms with Gasteiger partial charge in [0.1, 0.15) is 0 Å². The molecule has 1 aromatic rings. The predicted octanol–water partition coefficient (Wildman–Crippen LogP) is 1.41. The van der Waals surface area contributed by atoms with Crippen molar-refractivity contribution in [1.82, 2.24) is 0 Å². The van der Waals surface area contributed by atoms with E-state index in [1.54, 1.807) is 13.2 Å². The average molecular weight is 224 g/mol. The van der Waals surface area contributed by atoms with E-state index >= 15 is 0 Å². The van der Waals surface area contributed by atoms with Crippen LogP contribution in [0.3, 0.4) is 0 Å². The van der Waals surface area contributed by atoms with E-state index in [-0.39, 0.29) is 11.7 Å². The number of carbonyl (C=O) groups is 1. The third kappa shape index (κ3) is 3.13. The molecule has 0 aromatic heterocycles. The first-order valence-electron chi connectivity index (χ1n) is 4.94. The highest BCUT2D eigenvalue weighted by molar-refractivity contribution is 5.90. The quantitative estimate of drug-likeness (QED) is 0.658. The number of benzene rings is 1. The van der Waals surface area contributed by atoms with E-state index in [4.69, 9.17) is 15.6 Å². The molecule has 88 valence electrons. The maximum Gasteiger partial charge on any atom is 0.335 e. The van der Waals surface area contributed by atoms with Gasteiger partial charge < -0.3 is 20.9 Å². The van der Waals surface area contributed by atoms with Crippen LogP contribution in [0.1, 0.15) is 17.3 Å². The first kappa shape index (κ1) is 12.3. The van der Waals surface area contributed by atoms with Gasteiger partial charge in [-0.15, -0.1) is 0 Å². The van der Waals surface area contributed by atoms with Crippen LogP contribution < -0.4 is 11.1 Å². The smallest absolute Gasteiger partial charge is 0.335 e. The second-order valence-corrected chi connectivity index (χ2v) is 3.53. The summed E-state index contributed by atoms with van der Waals surface area (Å²) in [5.74, 6) is -0.970. The van der Waals surface area contributed by atoms with Gasteiger partial charge in [-0.25, -0.2) is 4.79 Å². The molecule has 0 aliphatic carbocycles. The Morgan fingerprint density at radius 1 is 1.62 bits per heavy atom. The van der Waals surface area contributed by atoms with Crippen molar-refractivity contribution >= 4 is 17.3 Å². The average Bonchev–Trinajstić information content (AvgIpc) is 2.27. The van der Waals surface area contributed by atoms with Gasteiger partial charge in [0.2, 0.25) is 0 Å². The van der Waals surface area contributed by atoms with E-state index in [0.717, 1.165) is 0 Å². The first-order chi connectivity index (χ1) is 7.54. The summed E-state index contributed by atoms with van der Waals surface area (Å²) in [6.07, 6.45) is 0.0351. The fourth-order valence-corrected chi connectivity index (χ4v) is 1.18. The Labute approximate surface area is 94.2 Å². The zero-order chi connectivity index (χ0) is 12.1. The Balaban J connectivity index is 2.78. The molecule has 1 aromatic carbocycles. The van der Waals surface area contributed by atoms with Crippen LogP contribution in [0.2, 0.25) is 0 Å². The van der Waals surface area contributed by atoms with E-state index in [1.165, 1.54) is 12.1 Å². The van der Waals surface area contributed by atoms with Gasteiger partial charge in [-0.1, -0.05) is 0 Å². The molecule has 5 heteroatoms. The molecule has 0 heterocycles. The molecular weight excluding hydrogens is 208 g/mol. The Morgan fingerprint density at radius 2 is 2.31 bits per heavy atom. The minimum absolute atomic E-state index is 0.0351. The predicted molar refractivity (Wildman–Crippen MR) is 62.8 cm³/mol. The highest BCUT2D eigenvalue weighted by Crippen LogP contribution is 2.20. The van der Waals surface area contributed by atoms with Crippen molar-refractivity contribution in [3.05, 3.63) is 23.8 Å². The zero-order valence-electron chi connectivity index (χ0n) is 9.36. The summed E-state index contributed by atoms with van der Waals surface area (Å²) in [7, 11) is 1.61. The minimum atomic E-state index is -0.970. The molecule has 0 bridgehead atoms. The minimum Gasteiger partial charge on any atom is -0.478 e. The summed E-state index contributed by atoms with van der Waals surface area (Å²) >= 11 is 0. The number of carboxylic acids is 1. The molecule has 1 atom stereocenters. The Kier molecular flexibility index (Phi) is 4.13. The van der Waals surface area contributed by atoms with Crippen molar-refractivity contribution in [3.63, 3.8) is 0 Å². The van der Waals surface area contributed by atoms with Crippen LogP contribution in [-0.2, 0) is 4.74 Å². The fraction of sp³-hybridized carbons (Fsp3) is 0.364.